The van der Waals surface area contributed by atoms with Gasteiger partial charge in [0.25, 0.3) is 0 Å². The van der Waals surface area contributed by atoms with Crippen molar-refractivity contribution in [1.82, 2.24) is 5.32 Å². The van der Waals surface area contributed by atoms with Crippen molar-refractivity contribution in [1.29, 1.82) is 0 Å². The summed E-state index contributed by atoms with van der Waals surface area (Å²) in [6, 6.07) is 6.50. The molecule has 1 rings (SSSR count). The zero-order valence-corrected chi connectivity index (χ0v) is 13.0. The number of hydrogen-bond acceptors (Lipinski definition) is 4. The summed E-state index contributed by atoms with van der Waals surface area (Å²) in [4.78, 5) is 0.306. The van der Waals surface area contributed by atoms with E-state index in [4.69, 9.17) is 4.74 Å². The summed E-state index contributed by atoms with van der Waals surface area (Å²) < 4.78 is 28.4. The Morgan fingerprint density at radius 1 is 1.21 bits per heavy atom. The zero-order valence-electron chi connectivity index (χ0n) is 12.2. The molecule has 1 atom stereocenters. The first-order valence-electron chi connectivity index (χ1n) is 6.30. The fraction of sp³-hybridized carbons (Fsp3) is 0.571. The van der Waals surface area contributed by atoms with E-state index in [1.807, 2.05) is 6.92 Å². The van der Waals surface area contributed by atoms with Crippen LogP contribution in [-0.2, 0) is 9.84 Å². The second-order valence-corrected chi connectivity index (χ2v) is 7.82. The quantitative estimate of drug-likeness (QED) is 0.901. The minimum atomic E-state index is -3.15. The van der Waals surface area contributed by atoms with Crippen LogP contribution in [0.25, 0.3) is 0 Å². The Labute approximate surface area is 116 Å². The van der Waals surface area contributed by atoms with Gasteiger partial charge in [0.1, 0.15) is 11.9 Å². The van der Waals surface area contributed by atoms with E-state index < -0.39 is 9.84 Å². The molecule has 0 amide bonds. The van der Waals surface area contributed by atoms with Gasteiger partial charge in [-0.3, -0.25) is 0 Å². The maximum absolute atomic E-state index is 11.3. The molecule has 0 aliphatic rings. The molecule has 0 spiro atoms. The van der Waals surface area contributed by atoms with E-state index in [0.717, 1.165) is 6.54 Å². The average Bonchev–Trinajstić information content (AvgIpc) is 2.25. The van der Waals surface area contributed by atoms with Crippen LogP contribution in [0.4, 0.5) is 0 Å². The normalized spacial score (nSPS) is 14.2. The van der Waals surface area contributed by atoms with Crippen LogP contribution < -0.4 is 10.1 Å². The summed E-state index contributed by atoms with van der Waals surface area (Å²) in [7, 11) is -3.15. The second-order valence-electron chi connectivity index (χ2n) is 5.80. The van der Waals surface area contributed by atoms with Gasteiger partial charge < -0.3 is 10.1 Å². The number of benzene rings is 1. The number of nitrogens with one attached hydrogen (secondary N) is 1. The third-order valence-corrected chi connectivity index (χ3v) is 3.64. The first kappa shape index (κ1) is 16.0. The Morgan fingerprint density at radius 2 is 1.74 bits per heavy atom. The van der Waals surface area contributed by atoms with E-state index in [2.05, 4.69) is 26.1 Å². The predicted octanol–water partition coefficient (Wildman–Crippen LogP) is 2.25. The van der Waals surface area contributed by atoms with Gasteiger partial charge in [-0.25, -0.2) is 8.42 Å². The van der Waals surface area contributed by atoms with Crippen molar-refractivity contribution in [3.8, 4) is 5.75 Å². The Bertz CT molecular complexity index is 500. The van der Waals surface area contributed by atoms with E-state index in [-0.39, 0.29) is 11.6 Å². The van der Waals surface area contributed by atoms with Gasteiger partial charge in [0, 0.05) is 18.3 Å². The van der Waals surface area contributed by atoms with Gasteiger partial charge in [-0.1, -0.05) is 0 Å². The van der Waals surface area contributed by atoms with Crippen LogP contribution in [0.2, 0.25) is 0 Å². The Kier molecular flexibility index (Phi) is 4.98. The van der Waals surface area contributed by atoms with Crippen molar-refractivity contribution >= 4 is 9.84 Å². The van der Waals surface area contributed by atoms with Crippen molar-refractivity contribution in [2.75, 3.05) is 12.8 Å². The lowest BCUT2D eigenvalue weighted by Crippen LogP contribution is -2.41. The van der Waals surface area contributed by atoms with Gasteiger partial charge in [0.15, 0.2) is 9.84 Å². The molecule has 4 nitrogen and oxygen atoms in total. The molecule has 19 heavy (non-hydrogen) atoms. The summed E-state index contributed by atoms with van der Waals surface area (Å²) in [5, 5.41) is 3.36. The molecule has 0 radical (unpaired) electrons. The third-order valence-electron chi connectivity index (χ3n) is 2.51. The Hall–Kier alpha value is -1.07. The Morgan fingerprint density at radius 3 is 2.16 bits per heavy atom. The molecule has 0 bridgehead atoms. The van der Waals surface area contributed by atoms with E-state index in [1.54, 1.807) is 24.3 Å². The molecule has 1 N–H and O–H groups in total. The minimum absolute atomic E-state index is 0.0170. The highest BCUT2D eigenvalue weighted by Crippen LogP contribution is 2.17. The van der Waals surface area contributed by atoms with Gasteiger partial charge in [-0.05, 0) is 52.0 Å². The highest BCUT2D eigenvalue weighted by atomic mass is 32.2. The van der Waals surface area contributed by atoms with Crippen LogP contribution in [0.3, 0.4) is 0 Å². The van der Waals surface area contributed by atoms with Crippen LogP contribution in [0.1, 0.15) is 27.7 Å². The van der Waals surface area contributed by atoms with Gasteiger partial charge >= 0.3 is 0 Å². The molecule has 0 saturated heterocycles. The van der Waals surface area contributed by atoms with Gasteiger partial charge in [-0.2, -0.15) is 0 Å². The molecule has 1 aromatic rings. The number of sulfone groups is 1. The largest absolute Gasteiger partial charge is 0.489 e. The van der Waals surface area contributed by atoms with Crippen LogP contribution in [0, 0.1) is 0 Å². The molecule has 5 heteroatoms. The van der Waals surface area contributed by atoms with Crippen molar-refractivity contribution in [2.24, 2.45) is 0 Å². The smallest absolute Gasteiger partial charge is 0.175 e. The fourth-order valence-electron chi connectivity index (χ4n) is 1.49. The van der Waals surface area contributed by atoms with Crippen molar-refractivity contribution < 1.29 is 13.2 Å². The standard InChI is InChI=1S/C14H23NO3S/c1-11(10-15-14(2,3)4)18-12-6-8-13(9-7-12)19(5,16)17/h6-9,11,15H,10H2,1-5H3. The molecule has 0 aliphatic heterocycles. The highest BCUT2D eigenvalue weighted by molar-refractivity contribution is 7.90. The third kappa shape index (κ3) is 6.07. The first-order valence-corrected chi connectivity index (χ1v) is 8.19. The molecule has 0 heterocycles. The average molecular weight is 285 g/mol. The molecule has 1 unspecified atom stereocenters. The van der Waals surface area contributed by atoms with Gasteiger partial charge in [-0.15, -0.1) is 0 Å². The summed E-state index contributed by atoms with van der Waals surface area (Å²) in [6.45, 7) is 9.00. The summed E-state index contributed by atoms with van der Waals surface area (Å²) in [5.74, 6) is 0.676. The van der Waals surface area contributed by atoms with E-state index in [0.29, 0.717) is 10.6 Å². The lowest BCUT2D eigenvalue weighted by atomic mass is 10.1. The predicted molar refractivity (Wildman–Crippen MR) is 77.4 cm³/mol. The second kappa shape index (κ2) is 5.92. The molecule has 0 saturated carbocycles. The van der Waals surface area contributed by atoms with E-state index >= 15 is 0 Å². The summed E-state index contributed by atoms with van der Waals surface area (Å²) in [5.41, 5.74) is 0.0533. The monoisotopic (exact) mass is 285 g/mol. The maximum atomic E-state index is 11.3. The molecule has 0 aromatic heterocycles. The SMILES string of the molecule is CC(CNC(C)(C)C)Oc1ccc(S(C)(=O)=O)cc1. The van der Waals surface area contributed by atoms with Crippen LogP contribution in [-0.4, -0.2) is 32.9 Å². The minimum Gasteiger partial charge on any atom is -0.489 e. The molecule has 0 aliphatic carbocycles. The molecule has 1 aromatic carbocycles. The number of ether oxygens (including phenoxy) is 1. The van der Waals surface area contributed by atoms with Gasteiger partial charge in [0.05, 0.1) is 4.90 Å². The van der Waals surface area contributed by atoms with Crippen molar-refractivity contribution in [3.05, 3.63) is 24.3 Å². The number of rotatable bonds is 5. The van der Waals surface area contributed by atoms with Crippen molar-refractivity contribution in [3.63, 3.8) is 0 Å². The molecule has 0 fully saturated rings. The first-order chi connectivity index (χ1) is 8.58. The maximum Gasteiger partial charge on any atom is 0.175 e. The lowest BCUT2D eigenvalue weighted by Gasteiger charge is -2.24. The van der Waals surface area contributed by atoms with Crippen molar-refractivity contribution in [2.45, 2.75) is 44.2 Å². The van der Waals surface area contributed by atoms with Crippen LogP contribution in [0.15, 0.2) is 29.2 Å². The Balaban J connectivity index is 2.59. The highest BCUT2D eigenvalue weighted by Gasteiger charge is 2.12. The molecular weight excluding hydrogens is 262 g/mol. The lowest BCUT2D eigenvalue weighted by molar-refractivity contribution is 0.203. The van der Waals surface area contributed by atoms with E-state index in [9.17, 15) is 8.42 Å². The zero-order chi connectivity index (χ0) is 14.7. The van der Waals surface area contributed by atoms with Crippen LogP contribution >= 0.6 is 0 Å². The summed E-state index contributed by atoms with van der Waals surface area (Å²) >= 11 is 0. The van der Waals surface area contributed by atoms with Crippen LogP contribution in [0.5, 0.6) is 5.75 Å². The van der Waals surface area contributed by atoms with Gasteiger partial charge in [0.2, 0.25) is 0 Å². The van der Waals surface area contributed by atoms with E-state index in [1.165, 1.54) is 6.26 Å². The molecule has 108 valence electrons. The number of hydrogen-bond donors (Lipinski definition) is 1. The molecular formula is C14H23NO3S. The summed E-state index contributed by atoms with van der Waals surface area (Å²) in [6.07, 6.45) is 1.21. The fourth-order valence-corrected chi connectivity index (χ4v) is 2.12. The topological polar surface area (TPSA) is 55.4 Å².